The predicted molar refractivity (Wildman–Crippen MR) is 55.0 cm³/mol. The van der Waals surface area contributed by atoms with Crippen molar-refractivity contribution in [1.29, 1.82) is 0 Å². The van der Waals surface area contributed by atoms with E-state index >= 15 is 0 Å². The monoisotopic (exact) mass is 228 g/mol. The van der Waals surface area contributed by atoms with Crippen LogP contribution in [0.1, 0.15) is 25.3 Å². The van der Waals surface area contributed by atoms with Crippen molar-refractivity contribution in [1.82, 2.24) is 4.98 Å². The zero-order valence-electron chi connectivity index (χ0n) is 7.18. The maximum Gasteiger partial charge on any atom is 0.126 e. The van der Waals surface area contributed by atoms with Crippen LogP contribution >= 0.6 is 15.9 Å². The molecule has 0 saturated carbocycles. The molecule has 1 heterocycles. The Labute approximate surface area is 81.3 Å². The summed E-state index contributed by atoms with van der Waals surface area (Å²) in [6.07, 6.45) is 5.10. The third-order valence-electron chi connectivity index (χ3n) is 1.77. The van der Waals surface area contributed by atoms with Crippen LogP contribution in [0.2, 0.25) is 0 Å². The lowest BCUT2D eigenvalue weighted by Gasteiger charge is -2.03. The first kappa shape index (κ1) is 9.52. The Kier molecular flexibility index (Phi) is 3.53. The first-order valence-corrected chi connectivity index (χ1v) is 4.93. The lowest BCUT2D eigenvalue weighted by molar-refractivity contribution is 0.793. The van der Waals surface area contributed by atoms with Gasteiger partial charge in [0.05, 0.1) is 0 Å². The molecule has 2 N–H and O–H groups in total. The van der Waals surface area contributed by atoms with Crippen molar-refractivity contribution in [2.75, 3.05) is 5.73 Å². The number of aryl methyl sites for hydroxylation is 1. The number of anilines is 1. The summed E-state index contributed by atoms with van der Waals surface area (Å²) in [5.74, 6) is 0.659. The summed E-state index contributed by atoms with van der Waals surface area (Å²) in [7, 11) is 0. The van der Waals surface area contributed by atoms with Crippen molar-refractivity contribution in [2.24, 2.45) is 0 Å². The molecule has 0 atom stereocenters. The Balaban J connectivity index is 2.75. The highest BCUT2D eigenvalue weighted by Crippen LogP contribution is 2.17. The Hall–Kier alpha value is -0.570. The van der Waals surface area contributed by atoms with E-state index in [4.69, 9.17) is 5.73 Å². The second kappa shape index (κ2) is 4.45. The summed E-state index contributed by atoms with van der Waals surface area (Å²) in [6, 6.07) is 2.04. The molecule has 0 aliphatic heterocycles. The summed E-state index contributed by atoms with van der Waals surface area (Å²) in [6.45, 7) is 2.17. The normalized spacial score (nSPS) is 10.2. The molecule has 1 aromatic rings. The second-order valence-electron chi connectivity index (χ2n) is 2.80. The van der Waals surface area contributed by atoms with Crippen LogP contribution in [0.3, 0.4) is 0 Å². The number of aromatic nitrogens is 1. The summed E-state index contributed by atoms with van der Waals surface area (Å²) in [4.78, 5) is 4.06. The van der Waals surface area contributed by atoms with E-state index in [-0.39, 0.29) is 0 Å². The van der Waals surface area contributed by atoms with Crippen LogP contribution in [0.5, 0.6) is 0 Å². The lowest BCUT2D eigenvalue weighted by atomic mass is 10.1. The molecule has 1 rings (SSSR count). The molecule has 66 valence electrons. The molecule has 3 heteroatoms. The molecule has 0 saturated heterocycles. The van der Waals surface area contributed by atoms with Crippen molar-refractivity contribution in [2.45, 2.75) is 26.2 Å². The maximum absolute atomic E-state index is 5.70. The molecule has 0 fully saturated rings. The molecule has 1 aromatic heterocycles. The number of hydrogen-bond donors (Lipinski definition) is 1. The number of nitrogen functional groups attached to an aromatic ring is 1. The van der Waals surface area contributed by atoms with E-state index in [1.54, 1.807) is 6.20 Å². The van der Waals surface area contributed by atoms with Crippen LogP contribution in [0.4, 0.5) is 5.82 Å². The number of hydrogen-bond acceptors (Lipinski definition) is 2. The van der Waals surface area contributed by atoms with E-state index in [9.17, 15) is 0 Å². The van der Waals surface area contributed by atoms with Gasteiger partial charge in [-0.05, 0) is 40.4 Å². The molecule has 2 nitrogen and oxygen atoms in total. The van der Waals surface area contributed by atoms with Crippen molar-refractivity contribution in [3.8, 4) is 0 Å². The van der Waals surface area contributed by atoms with Gasteiger partial charge >= 0.3 is 0 Å². The Morgan fingerprint density at radius 3 is 3.00 bits per heavy atom. The van der Waals surface area contributed by atoms with Gasteiger partial charge < -0.3 is 5.73 Å². The van der Waals surface area contributed by atoms with Gasteiger partial charge in [-0.25, -0.2) is 4.98 Å². The zero-order valence-corrected chi connectivity index (χ0v) is 8.76. The number of pyridine rings is 1. The number of halogens is 1. The Morgan fingerprint density at radius 1 is 1.58 bits per heavy atom. The molecule has 0 aliphatic carbocycles. The van der Waals surface area contributed by atoms with Crippen LogP contribution in [-0.2, 0) is 6.42 Å². The van der Waals surface area contributed by atoms with Gasteiger partial charge in [0.1, 0.15) is 5.82 Å². The first-order chi connectivity index (χ1) is 5.74. The molecule has 0 spiro atoms. The lowest BCUT2D eigenvalue weighted by Crippen LogP contribution is -1.97. The van der Waals surface area contributed by atoms with Gasteiger partial charge in [0, 0.05) is 10.7 Å². The van der Waals surface area contributed by atoms with Crippen molar-refractivity contribution >= 4 is 21.7 Å². The van der Waals surface area contributed by atoms with Gasteiger partial charge in [0.2, 0.25) is 0 Å². The fraction of sp³-hybridized carbons (Fsp3) is 0.444. The molecule has 12 heavy (non-hydrogen) atoms. The standard InChI is InChI=1S/C9H13BrN2/c1-2-3-4-7-5-8(10)6-12-9(7)11/h5-6H,2-4H2,1H3,(H2,11,12). The second-order valence-corrected chi connectivity index (χ2v) is 3.72. The minimum Gasteiger partial charge on any atom is -0.383 e. The smallest absolute Gasteiger partial charge is 0.126 e. The molecule has 0 bridgehead atoms. The Morgan fingerprint density at radius 2 is 2.33 bits per heavy atom. The Bertz CT molecular complexity index is 261. The van der Waals surface area contributed by atoms with Gasteiger partial charge in [0.15, 0.2) is 0 Å². The maximum atomic E-state index is 5.70. The van der Waals surface area contributed by atoms with Crippen LogP contribution in [0.15, 0.2) is 16.7 Å². The highest BCUT2D eigenvalue weighted by Gasteiger charge is 1.99. The molecule has 0 radical (unpaired) electrons. The van der Waals surface area contributed by atoms with Gasteiger partial charge in [-0.1, -0.05) is 13.3 Å². The summed E-state index contributed by atoms with van der Waals surface area (Å²) in [5, 5.41) is 0. The quantitative estimate of drug-likeness (QED) is 0.865. The van der Waals surface area contributed by atoms with E-state index in [2.05, 4.69) is 27.8 Å². The number of nitrogens with two attached hydrogens (primary N) is 1. The van der Waals surface area contributed by atoms with E-state index in [1.165, 1.54) is 12.8 Å². The number of unbranched alkanes of at least 4 members (excludes halogenated alkanes) is 1. The molecule has 0 aliphatic rings. The third-order valence-corrected chi connectivity index (χ3v) is 2.20. The van der Waals surface area contributed by atoms with E-state index in [1.807, 2.05) is 6.07 Å². The molecule has 0 unspecified atom stereocenters. The highest BCUT2D eigenvalue weighted by atomic mass is 79.9. The predicted octanol–water partition coefficient (Wildman–Crippen LogP) is 2.77. The van der Waals surface area contributed by atoms with Gasteiger partial charge in [0.25, 0.3) is 0 Å². The van der Waals surface area contributed by atoms with Crippen LogP contribution in [0.25, 0.3) is 0 Å². The average Bonchev–Trinajstić information content (AvgIpc) is 2.07. The summed E-state index contributed by atoms with van der Waals surface area (Å²) in [5.41, 5.74) is 6.84. The average molecular weight is 229 g/mol. The summed E-state index contributed by atoms with van der Waals surface area (Å²) >= 11 is 3.37. The van der Waals surface area contributed by atoms with Crippen molar-refractivity contribution in [3.05, 3.63) is 22.3 Å². The summed E-state index contributed by atoms with van der Waals surface area (Å²) < 4.78 is 1.00. The highest BCUT2D eigenvalue weighted by molar-refractivity contribution is 9.10. The third kappa shape index (κ3) is 2.48. The van der Waals surface area contributed by atoms with E-state index in [0.717, 1.165) is 16.5 Å². The number of nitrogens with zero attached hydrogens (tertiary/aromatic N) is 1. The van der Waals surface area contributed by atoms with Gasteiger partial charge in [-0.15, -0.1) is 0 Å². The van der Waals surface area contributed by atoms with Crippen LogP contribution in [-0.4, -0.2) is 4.98 Å². The minimum atomic E-state index is 0.659. The van der Waals surface area contributed by atoms with E-state index < -0.39 is 0 Å². The van der Waals surface area contributed by atoms with Gasteiger partial charge in [-0.3, -0.25) is 0 Å². The van der Waals surface area contributed by atoms with Crippen molar-refractivity contribution < 1.29 is 0 Å². The zero-order chi connectivity index (χ0) is 8.97. The molecular formula is C9H13BrN2. The van der Waals surface area contributed by atoms with Crippen LogP contribution in [0, 0.1) is 0 Å². The van der Waals surface area contributed by atoms with Gasteiger partial charge in [-0.2, -0.15) is 0 Å². The van der Waals surface area contributed by atoms with Crippen molar-refractivity contribution in [3.63, 3.8) is 0 Å². The molecule has 0 amide bonds. The molecular weight excluding hydrogens is 216 g/mol. The largest absolute Gasteiger partial charge is 0.383 e. The molecule has 0 aromatic carbocycles. The fourth-order valence-corrected chi connectivity index (χ4v) is 1.44. The van der Waals surface area contributed by atoms with E-state index in [0.29, 0.717) is 5.82 Å². The SMILES string of the molecule is CCCCc1cc(Br)cnc1N. The number of rotatable bonds is 3. The first-order valence-electron chi connectivity index (χ1n) is 4.14. The fourth-order valence-electron chi connectivity index (χ4n) is 1.06. The minimum absolute atomic E-state index is 0.659. The van der Waals surface area contributed by atoms with Crippen LogP contribution < -0.4 is 5.73 Å². The topological polar surface area (TPSA) is 38.9 Å².